The Balaban J connectivity index is 2.56. The van der Waals surface area contributed by atoms with Gasteiger partial charge in [0.2, 0.25) is 5.91 Å². The molecule has 0 spiro atoms. The van der Waals surface area contributed by atoms with Gasteiger partial charge in [-0.15, -0.1) is 0 Å². The molecule has 15 heavy (non-hydrogen) atoms. The highest BCUT2D eigenvalue weighted by Crippen LogP contribution is 2.19. The van der Waals surface area contributed by atoms with E-state index in [1.165, 1.54) is 5.56 Å². The van der Waals surface area contributed by atoms with Crippen molar-refractivity contribution in [3.63, 3.8) is 0 Å². The molecule has 0 unspecified atom stereocenters. The van der Waals surface area contributed by atoms with Gasteiger partial charge in [-0.25, -0.2) is 0 Å². The minimum Gasteiger partial charge on any atom is -0.354 e. The summed E-state index contributed by atoms with van der Waals surface area (Å²) in [5, 5.41) is 7.12. The average molecular weight is 226 g/mol. The summed E-state index contributed by atoms with van der Waals surface area (Å²) >= 11 is 1.69. The summed E-state index contributed by atoms with van der Waals surface area (Å²) in [5.41, 5.74) is 1.27. The van der Waals surface area contributed by atoms with Crippen molar-refractivity contribution in [2.45, 2.75) is 19.4 Å². The van der Waals surface area contributed by atoms with E-state index < -0.39 is 0 Å². The maximum absolute atomic E-state index is 11.2. The van der Waals surface area contributed by atoms with Crippen molar-refractivity contribution in [3.8, 4) is 0 Å². The first-order valence-corrected chi connectivity index (χ1v) is 6.04. The second-order valence-electron chi connectivity index (χ2n) is 3.69. The molecule has 0 radical (unpaired) electrons. The zero-order valence-electron chi connectivity index (χ0n) is 9.49. The molecule has 1 amide bonds. The molecule has 0 fully saturated rings. The van der Waals surface area contributed by atoms with Gasteiger partial charge in [0.05, 0.1) is 6.04 Å². The summed E-state index contributed by atoms with van der Waals surface area (Å²) < 4.78 is 0. The lowest BCUT2D eigenvalue weighted by molar-refractivity contribution is -0.121. The molecule has 1 aromatic heterocycles. The Morgan fingerprint density at radius 1 is 1.60 bits per heavy atom. The molecule has 4 heteroatoms. The molecule has 1 rings (SSSR count). The SMILES string of the molecule is CCC(=O)NC[C@@H](c1ccsc1)N(C)C. The topological polar surface area (TPSA) is 32.3 Å². The van der Waals surface area contributed by atoms with E-state index in [9.17, 15) is 4.79 Å². The van der Waals surface area contributed by atoms with Crippen LogP contribution in [0.3, 0.4) is 0 Å². The van der Waals surface area contributed by atoms with Crippen LogP contribution < -0.4 is 5.32 Å². The first-order valence-electron chi connectivity index (χ1n) is 5.10. The van der Waals surface area contributed by atoms with Crippen LogP contribution in [0.4, 0.5) is 0 Å². The van der Waals surface area contributed by atoms with Gasteiger partial charge < -0.3 is 10.2 Å². The second kappa shape index (κ2) is 5.88. The van der Waals surface area contributed by atoms with Gasteiger partial charge in [0.1, 0.15) is 0 Å². The summed E-state index contributed by atoms with van der Waals surface area (Å²) in [7, 11) is 4.06. The molecule has 1 aromatic rings. The van der Waals surface area contributed by atoms with Gasteiger partial charge in [0.25, 0.3) is 0 Å². The third kappa shape index (κ3) is 3.64. The number of thiophene rings is 1. The van der Waals surface area contributed by atoms with Crippen molar-refractivity contribution in [2.75, 3.05) is 20.6 Å². The van der Waals surface area contributed by atoms with E-state index >= 15 is 0 Å². The van der Waals surface area contributed by atoms with Crippen LogP contribution in [0.15, 0.2) is 16.8 Å². The molecule has 0 bridgehead atoms. The molecular formula is C11H18N2OS. The molecule has 0 aliphatic heterocycles. The van der Waals surface area contributed by atoms with E-state index in [2.05, 4.69) is 27.0 Å². The first-order chi connectivity index (χ1) is 7.15. The average Bonchev–Trinajstić information content (AvgIpc) is 2.70. The monoisotopic (exact) mass is 226 g/mol. The number of amides is 1. The fourth-order valence-corrected chi connectivity index (χ4v) is 2.11. The fourth-order valence-electron chi connectivity index (χ4n) is 1.40. The Bertz CT molecular complexity index is 296. The molecule has 3 nitrogen and oxygen atoms in total. The van der Waals surface area contributed by atoms with Crippen molar-refractivity contribution < 1.29 is 4.79 Å². The summed E-state index contributed by atoms with van der Waals surface area (Å²) in [6.45, 7) is 2.54. The second-order valence-corrected chi connectivity index (χ2v) is 4.47. The lowest BCUT2D eigenvalue weighted by Crippen LogP contribution is -2.33. The van der Waals surface area contributed by atoms with E-state index in [0.717, 1.165) is 0 Å². The van der Waals surface area contributed by atoms with E-state index in [4.69, 9.17) is 0 Å². The maximum Gasteiger partial charge on any atom is 0.219 e. The first kappa shape index (κ1) is 12.2. The Morgan fingerprint density at radius 2 is 2.33 bits per heavy atom. The predicted molar refractivity (Wildman–Crippen MR) is 64.0 cm³/mol. The molecule has 1 atom stereocenters. The smallest absolute Gasteiger partial charge is 0.219 e. The van der Waals surface area contributed by atoms with Crippen LogP contribution in [0.25, 0.3) is 0 Å². The minimum atomic E-state index is 0.108. The van der Waals surface area contributed by atoms with Gasteiger partial charge in [-0.1, -0.05) is 6.92 Å². The van der Waals surface area contributed by atoms with E-state index in [1.807, 2.05) is 21.0 Å². The van der Waals surface area contributed by atoms with Crippen LogP contribution in [0.5, 0.6) is 0 Å². The van der Waals surface area contributed by atoms with Crippen LogP contribution in [-0.2, 0) is 4.79 Å². The third-order valence-electron chi connectivity index (χ3n) is 2.36. The summed E-state index contributed by atoms with van der Waals surface area (Å²) in [5.74, 6) is 0.108. The van der Waals surface area contributed by atoms with E-state index in [0.29, 0.717) is 13.0 Å². The number of nitrogens with zero attached hydrogens (tertiary/aromatic N) is 1. The molecule has 0 aliphatic carbocycles. The fraction of sp³-hybridized carbons (Fsp3) is 0.545. The lowest BCUT2D eigenvalue weighted by atomic mass is 10.1. The molecule has 0 aliphatic rings. The van der Waals surface area contributed by atoms with E-state index in [-0.39, 0.29) is 11.9 Å². The number of rotatable bonds is 5. The normalized spacial score (nSPS) is 12.8. The van der Waals surface area contributed by atoms with Gasteiger partial charge in [0, 0.05) is 13.0 Å². The Kier molecular flexibility index (Phi) is 4.78. The van der Waals surface area contributed by atoms with Gasteiger partial charge in [-0.3, -0.25) is 4.79 Å². The van der Waals surface area contributed by atoms with Crippen molar-refractivity contribution in [1.29, 1.82) is 0 Å². The van der Waals surface area contributed by atoms with Gasteiger partial charge in [0.15, 0.2) is 0 Å². The molecule has 1 heterocycles. The molecule has 84 valence electrons. The van der Waals surface area contributed by atoms with Crippen molar-refractivity contribution in [1.82, 2.24) is 10.2 Å². The zero-order chi connectivity index (χ0) is 11.3. The number of carbonyl (C=O) groups is 1. The van der Waals surface area contributed by atoms with Crippen molar-refractivity contribution in [3.05, 3.63) is 22.4 Å². The molecule has 1 N–H and O–H groups in total. The molecule has 0 aromatic carbocycles. The number of nitrogens with one attached hydrogen (secondary N) is 1. The van der Waals surface area contributed by atoms with Crippen molar-refractivity contribution in [2.24, 2.45) is 0 Å². The highest BCUT2D eigenvalue weighted by atomic mass is 32.1. The highest BCUT2D eigenvalue weighted by Gasteiger charge is 2.14. The summed E-state index contributed by atoms with van der Waals surface area (Å²) in [4.78, 5) is 13.3. The third-order valence-corrected chi connectivity index (χ3v) is 3.07. The summed E-state index contributed by atoms with van der Waals surface area (Å²) in [6, 6.07) is 2.37. The van der Waals surface area contributed by atoms with Gasteiger partial charge >= 0.3 is 0 Å². The van der Waals surface area contributed by atoms with Crippen LogP contribution in [0.2, 0.25) is 0 Å². The highest BCUT2D eigenvalue weighted by molar-refractivity contribution is 7.07. The molecule has 0 saturated carbocycles. The van der Waals surface area contributed by atoms with Crippen LogP contribution in [0, 0.1) is 0 Å². The standard InChI is InChI=1S/C11H18N2OS/c1-4-11(14)12-7-10(13(2)3)9-5-6-15-8-9/h5-6,8,10H,4,7H2,1-3H3,(H,12,14)/t10-/m0/s1. The predicted octanol–water partition coefficient (Wildman–Crippen LogP) is 1.88. The minimum absolute atomic E-state index is 0.108. The quantitative estimate of drug-likeness (QED) is 0.831. The van der Waals surface area contributed by atoms with Gasteiger partial charge in [-0.05, 0) is 36.5 Å². The molecular weight excluding hydrogens is 208 g/mol. The van der Waals surface area contributed by atoms with Gasteiger partial charge in [-0.2, -0.15) is 11.3 Å². The maximum atomic E-state index is 11.2. The number of hydrogen-bond acceptors (Lipinski definition) is 3. The van der Waals surface area contributed by atoms with Crippen LogP contribution >= 0.6 is 11.3 Å². The lowest BCUT2D eigenvalue weighted by Gasteiger charge is -2.23. The number of hydrogen-bond donors (Lipinski definition) is 1. The van der Waals surface area contributed by atoms with Crippen molar-refractivity contribution >= 4 is 17.2 Å². The Hall–Kier alpha value is -0.870. The zero-order valence-corrected chi connectivity index (χ0v) is 10.3. The van der Waals surface area contributed by atoms with Crippen LogP contribution in [-0.4, -0.2) is 31.4 Å². The molecule has 0 saturated heterocycles. The Labute approximate surface area is 95.1 Å². The van der Waals surface area contributed by atoms with Crippen LogP contribution in [0.1, 0.15) is 24.9 Å². The Morgan fingerprint density at radius 3 is 2.80 bits per heavy atom. The largest absolute Gasteiger partial charge is 0.354 e. The summed E-state index contributed by atoms with van der Waals surface area (Å²) in [6.07, 6.45) is 0.545. The number of likely N-dealkylation sites (N-methyl/N-ethyl adjacent to an activating group) is 1. The van der Waals surface area contributed by atoms with E-state index in [1.54, 1.807) is 11.3 Å². The number of carbonyl (C=O) groups excluding carboxylic acids is 1.